The molecule has 1 saturated carbocycles. The molecule has 0 saturated heterocycles. The predicted molar refractivity (Wildman–Crippen MR) is 57.4 cm³/mol. The molecule has 2 N–H and O–H groups in total. The molecular weight excluding hydrogens is 210 g/mol. The number of rotatable bonds is 0. The zero-order valence-corrected chi connectivity index (χ0v) is 9.13. The molecule has 4 heteroatoms. The van der Waals surface area contributed by atoms with Crippen molar-refractivity contribution in [1.82, 2.24) is 0 Å². The standard InChI is InChI=1S/C11H13NO2S/c12-10-7-11(10)5-6-15(13,14)9-4-2-1-3-8(9)11/h1-4,10H,5-7,12H2. The van der Waals surface area contributed by atoms with E-state index in [0.717, 1.165) is 12.0 Å². The molecule has 0 amide bonds. The van der Waals surface area contributed by atoms with Gasteiger partial charge in [-0.2, -0.15) is 0 Å². The van der Waals surface area contributed by atoms with Crippen LogP contribution in [0.4, 0.5) is 0 Å². The smallest absolute Gasteiger partial charge is 0.178 e. The second kappa shape index (κ2) is 2.62. The van der Waals surface area contributed by atoms with Crippen molar-refractivity contribution < 1.29 is 8.42 Å². The summed E-state index contributed by atoms with van der Waals surface area (Å²) in [7, 11) is -3.05. The summed E-state index contributed by atoms with van der Waals surface area (Å²) in [4.78, 5) is 0.504. The first kappa shape index (κ1) is 9.36. The molecule has 1 fully saturated rings. The van der Waals surface area contributed by atoms with E-state index in [1.807, 2.05) is 12.1 Å². The lowest BCUT2D eigenvalue weighted by molar-refractivity contribution is 0.551. The molecule has 80 valence electrons. The summed E-state index contributed by atoms with van der Waals surface area (Å²) in [6.45, 7) is 0. The largest absolute Gasteiger partial charge is 0.327 e. The van der Waals surface area contributed by atoms with Crippen LogP contribution in [0.3, 0.4) is 0 Å². The lowest BCUT2D eigenvalue weighted by atomic mass is 9.92. The van der Waals surface area contributed by atoms with Crippen LogP contribution in [0.5, 0.6) is 0 Å². The van der Waals surface area contributed by atoms with Crippen molar-refractivity contribution in [3.8, 4) is 0 Å². The first-order chi connectivity index (χ1) is 7.06. The SMILES string of the molecule is NC1CC12CCS(=O)(=O)c1ccccc12. The molecule has 2 unspecified atom stereocenters. The summed E-state index contributed by atoms with van der Waals surface area (Å²) < 4.78 is 23.7. The van der Waals surface area contributed by atoms with Gasteiger partial charge in [-0.15, -0.1) is 0 Å². The van der Waals surface area contributed by atoms with E-state index in [4.69, 9.17) is 5.73 Å². The van der Waals surface area contributed by atoms with Gasteiger partial charge in [0.05, 0.1) is 10.6 Å². The van der Waals surface area contributed by atoms with Gasteiger partial charge in [-0.05, 0) is 24.5 Å². The van der Waals surface area contributed by atoms with E-state index in [2.05, 4.69) is 0 Å². The molecule has 3 rings (SSSR count). The van der Waals surface area contributed by atoms with Crippen molar-refractivity contribution >= 4 is 9.84 Å². The molecule has 1 aromatic carbocycles. The molecule has 2 aliphatic rings. The zero-order valence-electron chi connectivity index (χ0n) is 8.31. The van der Waals surface area contributed by atoms with E-state index < -0.39 is 9.84 Å². The number of hydrogen-bond donors (Lipinski definition) is 1. The number of sulfone groups is 1. The topological polar surface area (TPSA) is 60.2 Å². The second-order valence-corrected chi connectivity index (χ2v) is 6.61. The van der Waals surface area contributed by atoms with Gasteiger partial charge in [0, 0.05) is 11.5 Å². The van der Waals surface area contributed by atoms with Gasteiger partial charge in [-0.25, -0.2) is 8.42 Å². The molecule has 1 heterocycles. The van der Waals surface area contributed by atoms with Crippen LogP contribution in [0.15, 0.2) is 29.2 Å². The molecule has 1 spiro atoms. The molecule has 1 aliphatic carbocycles. The minimum absolute atomic E-state index is 0.0259. The third kappa shape index (κ3) is 1.12. The highest BCUT2D eigenvalue weighted by Gasteiger charge is 2.57. The third-order valence-electron chi connectivity index (χ3n) is 3.71. The Labute approximate surface area is 89.2 Å². The predicted octanol–water partition coefficient (Wildman–Crippen LogP) is 0.833. The molecular formula is C11H13NO2S. The normalized spacial score (nSPS) is 36.2. The minimum Gasteiger partial charge on any atom is -0.327 e. The van der Waals surface area contributed by atoms with E-state index in [1.54, 1.807) is 12.1 Å². The summed E-state index contributed by atoms with van der Waals surface area (Å²) >= 11 is 0. The van der Waals surface area contributed by atoms with Crippen LogP contribution >= 0.6 is 0 Å². The van der Waals surface area contributed by atoms with Gasteiger partial charge >= 0.3 is 0 Å². The van der Waals surface area contributed by atoms with E-state index in [-0.39, 0.29) is 17.2 Å². The highest BCUT2D eigenvalue weighted by molar-refractivity contribution is 7.91. The van der Waals surface area contributed by atoms with Gasteiger partial charge in [0.2, 0.25) is 0 Å². The minimum atomic E-state index is -3.05. The van der Waals surface area contributed by atoms with Crippen molar-refractivity contribution in [1.29, 1.82) is 0 Å². The quantitative estimate of drug-likeness (QED) is 0.708. The van der Waals surface area contributed by atoms with Crippen LogP contribution in [0.2, 0.25) is 0 Å². The number of hydrogen-bond acceptors (Lipinski definition) is 3. The Hall–Kier alpha value is -0.870. The Morgan fingerprint density at radius 3 is 2.67 bits per heavy atom. The maximum absolute atomic E-state index is 11.9. The van der Waals surface area contributed by atoms with E-state index >= 15 is 0 Å². The Morgan fingerprint density at radius 1 is 1.33 bits per heavy atom. The van der Waals surface area contributed by atoms with E-state index in [0.29, 0.717) is 11.3 Å². The van der Waals surface area contributed by atoms with Crippen molar-refractivity contribution in [2.24, 2.45) is 5.73 Å². The Bertz CT molecular complexity index is 523. The van der Waals surface area contributed by atoms with E-state index in [9.17, 15) is 8.42 Å². The zero-order chi connectivity index (χ0) is 10.7. The molecule has 0 radical (unpaired) electrons. The monoisotopic (exact) mass is 223 g/mol. The van der Waals surface area contributed by atoms with Gasteiger partial charge in [0.15, 0.2) is 9.84 Å². The van der Waals surface area contributed by atoms with Crippen LogP contribution in [0, 0.1) is 0 Å². The van der Waals surface area contributed by atoms with Crippen LogP contribution in [-0.4, -0.2) is 20.2 Å². The average Bonchev–Trinajstić information content (AvgIpc) is 2.87. The van der Waals surface area contributed by atoms with Crippen molar-refractivity contribution in [3.05, 3.63) is 29.8 Å². The first-order valence-corrected chi connectivity index (χ1v) is 6.79. The second-order valence-electron chi connectivity index (χ2n) is 4.53. The third-order valence-corrected chi connectivity index (χ3v) is 5.48. The fraction of sp³-hybridized carbons (Fsp3) is 0.455. The van der Waals surface area contributed by atoms with Crippen molar-refractivity contribution in [3.63, 3.8) is 0 Å². The van der Waals surface area contributed by atoms with Crippen LogP contribution in [-0.2, 0) is 15.3 Å². The number of benzene rings is 1. The summed E-state index contributed by atoms with van der Waals surface area (Å²) in [6, 6.07) is 7.44. The molecule has 3 nitrogen and oxygen atoms in total. The lowest BCUT2D eigenvalue weighted by Gasteiger charge is -2.25. The molecule has 15 heavy (non-hydrogen) atoms. The van der Waals surface area contributed by atoms with Gasteiger partial charge in [-0.3, -0.25) is 0 Å². The molecule has 0 aromatic heterocycles. The summed E-state index contributed by atoms with van der Waals surface area (Å²) in [6.07, 6.45) is 1.62. The number of fused-ring (bicyclic) bond motifs is 2. The summed E-state index contributed by atoms with van der Waals surface area (Å²) in [5, 5.41) is 0. The van der Waals surface area contributed by atoms with Crippen molar-refractivity contribution in [2.75, 3.05) is 5.75 Å². The fourth-order valence-electron chi connectivity index (χ4n) is 2.64. The van der Waals surface area contributed by atoms with E-state index in [1.165, 1.54) is 0 Å². The first-order valence-electron chi connectivity index (χ1n) is 5.14. The lowest BCUT2D eigenvalue weighted by Crippen LogP contribution is -2.29. The number of nitrogens with two attached hydrogens (primary N) is 1. The van der Waals surface area contributed by atoms with Crippen molar-refractivity contribution in [2.45, 2.75) is 29.2 Å². The maximum atomic E-state index is 11.9. The Morgan fingerprint density at radius 2 is 2.00 bits per heavy atom. The van der Waals surface area contributed by atoms with Gasteiger partial charge in [0.25, 0.3) is 0 Å². The highest BCUT2D eigenvalue weighted by Crippen LogP contribution is 2.54. The van der Waals surface area contributed by atoms with Gasteiger partial charge in [0.1, 0.15) is 0 Å². The average molecular weight is 223 g/mol. The molecule has 0 bridgehead atoms. The summed E-state index contributed by atoms with van der Waals surface area (Å²) in [5.41, 5.74) is 6.86. The fourth-order valence-corrected chi connectivity index (χ4v) is 4.39. The van der Waals surface area contributed by atoms with Crippen LogP contribution < -0.4 is 5.73 Å². The Kier molecular flexibility index (Phi) is 1.64. The van der Waals surface area contributed by atoms with Crippen LogP contribution in [0.1, 0.15) is 18.4 Å². The summed E-state index contributed by atoms with van der Waals surface area (Å²) in [5.74, 6) is 0.248. The molecule has 1 aromatic rings. The molecule has 2 atom stereocenters. The van der Waals surface area contributed by atoms with Gasteiger partial charge in [-0.1, -0.05) is 18.2 Å². The molecule has 1 aliphatic heterocycles. The Balaban J connectivity index is 2.26. The van der Waals surface area contributed by atoms with Gasteiger partial charge < -0.3 is 5.73 Å². The van der Waals surface area contributed by atoms with Crippen LogP contribution in [0.25, 0.3) is 0 Å². The maximum Gasteiger partial charge on any atom is 0.178 e. The highest BCUT2D eigenvalue weighted by atomic mass is 32.2.